The maximum atomic E-state index is 12.0. The fourth-order valence-electron chi connectivity index (χ4n) is 2.63. The Labute approximate surface area is 168 Å². The third-order valence-electron chi connectivity index (χ3n) is 4.16. The normalized spacial score (nSPS) is 10.5. The first-order valence-electron chi connectivity index (χ1n) is 8.86. The molecule has 0 aliphatic heterocycles. The summed E-state index contributed by atoms with van der Waals surface area (Å²) < 4.78 is 1.77. The van der Waals surface area contributed by atoms with Crippen LogP contribution in [0.4, 0.5) is 11.4 Å². The molecule has 2 aromatic heterocycles. The van der Waals surface area contributed by atoms with Gasteiger partial charge in [-0.1, -0.05) is 0 Å². The zero-order chi connectivity index (χ0) is 20.1. The van der Waals surface area contributed by atoms with Gasteiger partial charge in [0.2, 0.25) is 0 Å². The first-order chi connectivity index (χ1) is 13.4. The minimum atomic E-state index is -0.667. The number of nitrogens with one attached hydrogen (secondary N) is 2. The van der Waals surface area contributed by atoms with E-state index in [4.69, 9.17) is 0 Å². The van der Waals surface area contributed by atoms with E-state index in [2.05, 4.69) is 15.7 Å². The van der Waals surface area contributed by atoms with Crippen LogP contribution in [0.1, 0.15) is 4.88 Å². The van der Waals surface area contributed by atoms with E-state index in [-0.39, 0.29) is 0 Å². The van der Waals surface area contributed by atoms with Gasteiger partial charge in [-0.2, -0.15) is 5.10 Å². The maximum Gasteiger partial charge on any atom is 0.313 e. The van der Waals surface area contributed by atoms with Crippen molar-refractivity contribution in [3.63, 3.8) is 0 Å². The van der Waals surface area contributed by atoms with Gasteiger partial charge in [0, 0.05) is 60.6 Å². The van der Waals surface area contributed by atoms with Crippen molar-refractivity contribution in [2.75, 3.05) is 30.9 Å². The number of anilines is 2. The molecule has 0 spiro atoms. The van der Waals surface area contributed by atoms with E-state index in [1.165, 1.54) is 0 Å². The topological polar surface area (TPSA) is 79.3 Å². The molecule has 0 saturated heterocycles. The van der Waals surface area contributed by atoms with E-state index in [0.29, 0.717) is 18.7 Å². The van der Waals surface area contributed by atoms with Crippen molar-refractivity contribution < 1.29 is 9.59 Å². The van der Waals surface area contributed by atoms with Gasteiger partial charge < -0.3 is 15.5 Å². The van der Waals surface area contributed by atoms with Crippen LogP contribution in [0, 0.1) is 0 Å². The van der Waals surface area contributed by atoms with Crippen LogP contribution in [-0.4, -0.2) is 42.2 Å². The van der Waals surface area contributed by atoms with Gasteiger partial charge in [0.25, 0.3) is 0 Å². The molecule has 3 rings (SSSR count). The number of hydrogen-bond acceptors (Lipinski definition) is 5. The molecule has 8 heteroatoms. The Balaban J connectivity index is 1.46. The molecule has 146 valence electrons. The molecule has 3 aromatic rings. The molecule has 7 nitrogen and oxygen atoms in total. The highest BCUT2D eigenvalue weighted by molar-refractivity contribution is 7.15. The number of carbonyl (C=O) groups is 2. The van der Waals surface area contributed by atoms with Crippen LogP contribution in [0.15, 0.2) is 48.8 Å². The summed E-state index contributed by atoms with van der Waals surface area (Å²) in [6, 6.07) is 11.4. The zero-order valence-corrected chi connectivity index (χ0v) is 16.9. The molecule has 0 bridgehead atoms. The van der Waals surface area contributed by atoms with Gasteiger partial charge in [-0.25, -0.2) is 0 Å². The van der Waals surface area contributed by atoms with Crippen LogP contribution in [-0.2, 0) is 23.1 Å². The highest BCUT2D eigenvalue weighted by Crippen LogP contribution is 2.27. The van der Waals surface area contributed by atoms with Crippen molar-refractivity contribution in [2.45, 2.75) is 6.42 Å². The summed E-state index contributed by atoms with van der Waals surface area (Å²) in [5, 5.41) is 9.45. The maximum absolute atomic E-state index is 12.0. The number of aryl methyl sites for hydroxylation is 1. The summed E-state index contributed by atoms with van der Waals surface area (Å²) in [4.78, 5) is 28.3. The van der Waals surface area contributed by atoms with Crippen LogP contribution in [0.2, 0.25) is 0 Å². The van der Waals surface area contributed by atoms with Crippen molar-refractivity contribution in [1.82, 2.24) is 15.1 Å². The summed E-state index contributed by atoms with van der Waals surface area (Å²) in [7, 11) is 5.76. The minimum Gasteiger partial charge on any atom is -0.378 e. The second-order valence-electron chi connectivity index (χ2n) is 6.57. The molecule has 0 atom stereocenters. The number of thiophene rings is 1. The first kappa shape index (κ1) is 19.6. The Bertz CT molecular complexity index is 959. The van der Waals surface area contributed by atoms with Crippen molar-refractivity contribution in [2.24, 2.45) is 7.05 Å². The Morgan fingerprint density at radius 2 is 1.86 bits per heavy atom. The molecule has 28 heavy (non-hydrogen) atoms. The van der Waals surface area contributed by atoms with Gasteiger partial charge in [-0.15, -0.1) is 11.3 Å². The molecule has 2 amide bonds. The lowest BCUT2D eigenvalue weighted by Gasteiger charge is -2.13. The third-order valence-corrected chi connectivity index (χ3v) is 5.35. The number of aromatic nitrogens is 2. The van der Waals surface area contributed by atoms with Crippen molar-refractivity contribution >= 4 is 34.5 Å². The van der Waals surface area contributed by atoms with E-state index < -0.39 is 11.8 Å². The Kier molecular flexibility index (Phi) is 6.10. The largest absolute Gasteiger partial charge is 0.378 e. The predicted octanol–water partition coefficient (Wildman–Crippen LogP) is 2.51. The molecule has 0 radical (unpaired) electrons. The number of benzene rings is 1. The van der Waals surface area contributed by atoms with Crippen molar-refractivity contribution in [1.29, 1.82) is 0 Å². The monoisotopic (exact) mass is 397 g/mol. The fraction of sp³-hybridized carbons (Fsp3) is 0.250. The lowest BCUT2D eigenvalue weighted by atomic mass is 10.2. The molecular formula is C20H23N5O2S. The van der Waals surface area contributed by atoms with E-state index in [1.54, 1.807) is 28.2 Å². The predicted molar refractivity (Wildman–Crippen MR) is 113 cm³/mol. The minimum absolute atomic E-state index is 0.402. The average molecular weight is 398 g/mol. The van der Waals surface area contributed by atoms with Gasteiger partial charge in [0.05, 0.1) is 6.20 Å². The molecule has 2 heterocycles. The van der Waals surface area contributed by atoms with Gasteiger partial charge in [-0.05, 0) is 42.8 Å². The van der Waals surface area contributed by atoms with E-state index >= 15 is 0 Å². The second kappa shape index (κ2) is 8.71. The Morgan fingerprint density at radius 3 is 2.50 bits per heavy atom. The summed E-state index contributed by atoms with van der Waals surface area (Å²) in [5.41, 5.74) is 2.68. The quantitative estimate of drug-likeness (QED) is 0.627. The van der Waals surface area contributed by atoms with E-state index in [1.807, 2.05) is 62.7 Å². The van der Waals surface area contributed by atoms with Crippen molar-refractivity contribution in [3.8, 4) is 10.4 Å². The highest BCUT2D eigenvalue weighted by atomic mass is 32.1. The second-order valence-corrected chi connectivity index (χ2v) is 7.74. The van der Waals surface area contributed by atoms with Crippen LogP contribution in [0.3, 0.4) is 0 Å². The van der Waals surface area contributed by atoms with E-state index in [9.17, 15) is 9.59 Å². The summed E-state index contributed by atoms with van der Waals surface area (Å²) in [6.07, 6.45) is 4.46. The summed E-state index contributed by atoms with van der Waals surface area (Å²) >= 11 is 1.66. The summed E-state index contributed by atoms with van der Waals surface area (Å²) in [5.74, 6) is -1.31. The lowest BCUT2D eigenvalue weighted by molar-refractivity contribution is -0.136. The smallest absolute Gasteiger partial charge is 0.313 e. The Hall–Kier alpha value is -3.13. The number of hydrogen-bond donors (Lipinski definition) is 2. The first-order valence-corrected chi connectivity index (χ1v) is 9.68. The number of carbonyl (C=O) groups excluding carboxylic acids is 2. The van der Waals surface area contributed by atoms with Gasteiger partial charge in [0.15, 0.2) is 0 Å². The molecule has 0 saturated carbocycles. The van der Waals surface area contributed by atoms with Crippen LogP contribution in [0.25, 0.3) is 10.4 Å². The molecule has 2 N–H and O–H groups in total. The zero-order valence-electron chi connectivity index (χ0n) is 16.1. The van der Waals surface area contributed by atoms with Gasteiger partial charge in [-0.3, -0.25) is 14.3 Å². The highest BCUT2D eigenvalue weighted by Gasteiger charge is 2.13. The SMILES string of the molecule is CN(C)c1ccc(NC(=O)C(=O)NCCc2ccc(-c3cnn(C)c3)s2)cc1. The molecule has 1 aromatic carbocycles. The average Bonchev–Trinajstić information content (AvgIpc) is 3.31. The molecule has 0 aliphatic rings. The standard InChI is InChI=1S/C20H23N5O2S/c1-24(2)16-6-4-15(5-7-16)23-20(27)19(26)21-11-10-17-8-9-18(28-17)14-12-22-25(3)13-14/h4-9,12-13H,10-11H2,1-3H3,(H,21,26)(H,23,27). The van der Waals surface area contributed by atoms with Gasteiger partial charge >= 0.3 is 11.8 Å². The van der Waals surface area contributed by atoms with Crippen molar-refractivity contribution in [3.05, 3.63) is 53.7 Å². The molecule has 0 unspecified atom stereocenters. The van der Waals surface area contributed by atoms with Crippen LogP contribution >= 0.6 is 11.3 Å². The molecular weight excluding hydrogens is 374 g/mol. The molecule has 0 aliphatic carbocycles. The Morgan fingerprint density at radius 1 is 1.11 bits per heavy atom. The third kappa shape index (κ3) is 4.98. The number of nitrogens with zero attached hydrogens (tertiary/aromatic N) is 3. The fourth-order valence-corrected chi connectivity index (χ4v) is 3.61. The summed E-state index contributed by atoms with van der Waals surface area (Å²) in [6.45, 7) is 0.402. The lowest BCUT2D eigenvalue weighted by Crippen LogP contribution is -2.36. The van der Waals surface area contributed by atoms with E-state index in [0.717, 1.165) is 21.0 Å². The molecule has 0 fully saturated rings. The van der Waals surface area contributed by atoms with Crippen LogP contribution in [0.5, 0.6) is 0 Å². The number of rotatable bonds is 6. The van der Waals surface area contributed by atoms with Gasteiger partial charge in [0.1, 0.15) is 0 Å². The number of amides is 2. The van der Waals surface area contributed by atoms with Crippen LogP contribution < -0.4 is 15.5 Å².